The number of benzene rings is 1. The van der Waals surface area contributed by atoms with Crippen LogP contribution in [0.15, 0.2) is 24.3 Å². The zero-order chi connectivity index (χ0) is 15.2. The van der Waals surface area contributed by atoms with Crippen LogP contribution in [-0.2, 0) is 6.42 Å². The molecule has 2 aromatic rings. The number of rotatable bonds is 6. The summed E-state index contributed by atoms with van der Waals surface area (Å²) in [5, 5.41) is 6.10. The topological polar surface area (TPSA) is 49.8 Å². The summed E-state index contributed by atoms with van der Waals surface area (Å²) in [6, 6.07) is 5.39. The van der Waals surface area contributed by atoms with E-state index in [1.807, 2.05) is 13.8 Å². The van der Waals surface area contributed by atoms with Crippen LogP contribution in [0.2, 0.25) is 0 Å². The van der Waals surface area contributed by atoms with E-state index in [2.05, 4.69) is 20.6 Å². The van der Waals surface area contributed by atoms with Crippen molar-refractivity contribution in [1.82, 2.24) is 9.97 Å². The molecule has 0 saturated heterocycles. The van der Waals surface area contributed by atoms with Crippen molar-refractivity contribution in [3.8, 4) is 0 Å². The van der Waals surface area contributed by atoms with E-state index in [9.17, 15) is 8.78 Å². The molecule has 0 aliphatic rings. The van der Waals surface area contributed by atoms with Crippen LogP contribution in [0.25, 0.3) is 0 Å². The Morgan fingerprint density at radius 3 is 2.43 bits per heavy atom. The lowest BCUT2D eigenvalue weighted by Gasteiger charge is -2.10. The Hall–Kier alpha value is -2.24. The van der Waals surface area contributed by atoms with Gasteiger partial charge in [0.2, 0.25) is 0 Å². The number of nitrogens with zero attached hydrogens (tertiary/aromatic N) is 2. The van der Waals surface area contributed by atoms with Crippen LogP contribution >= 0.6 is 0 Å². The highest BCUT2D eigenvalue weighted by atomic mass is 19.2. The summed E-state index contributed by atoms with van der Waals surface area (Å²) in [4.78, 5) is 8.76. The van der Waals surface area contributed by atoms with Gasteiger partial charge in [0.15, 0.2) is 11.6 Å². The largest absolute Gasteiger partial charge is 0.370 e. The highest BCUT2D eigenvalue weighted by Crippen LogP contribution is 2.20. The quantitative estimate of drug-likeness (QED) is 0.848. The van der Waals surface area contributed by atoms with E-state index in [0.29, 0.717) is 23.1 Å². The van der Waals surface area contributed by atoms with Gasteiger partial charge in [0.1, 0.15) is 17.5 Å². The van der Waals surface area contributed by atoms with Crippen LogP contribution in [0.1, 0.15) is 26.1 Å². The van der Waals surface area contributed by atoms with Gasteiger partial charge >= 0.3 is 0 Å². The number of hydrogen-bond acceptors (Lipinski definition) is 4. The molecule has 0 unspecified atom stereocenters. The highest BCUT2D eigenvalue weighted by molar-refractivity contribution is 5.59. The lowest BCUT2D eigenvalue weighted by Crippen LogP contribution is -2.06. The second-order valence-corrected chi connectivity index (χ2v) is 4.59. The first-order valence-corrected chi connectivity index (χ1v) is 6.96. The molecule has 6 heteroatoms. The smallest absolute Gasteiger partial charge is 0.160 e. The Labute approximate surface area is 122 Å². The molecule has 2 rings (SSSR count). The van der Waals surface area contributed by atoms with Crippen LogP contribution in [0.4, 0.5) is 26.1 Å². The fourth-order valence-corrected chi connectivity index (χ4v) is 1.89. The summed E-state index contributed by atoms with van der Waals surface area (Å²) in [6.07, 6.45) is 1.69. The van der Waals surface area contributed by atoms with Crippen molar-refractivity contribution in [2.45, 2.75) is 26.7 Å². The fraction of sp³-hybridized carbons (Fsp3) is 0.333. The van der Waals surface area contributed by atoms with Crippen molar-refractivity contribution >= 4 is 17.3 Å². The van der Waals surface area contributed by atoms with E-state index in [-0.39, 0.29) is 0 Å². The minimum Gasteiger partial charge on any atom is -0.370 e. The molecule has 0 saturated carbocycles. The summed E-state index contributed by atoms with van der Waals surface area (Å²) in [5.74, 6) is 0.204. The monoisotopic (exact) mass is 292 g/mol. The van der Waals surface area contributed by atoms with Gasteiger partial charge in [-0.1, -0.05) is 6.92 Å². The average Bonchev–Trinajstić information content (AvgIpc) is 2.43. The first kappa shape index (κ1) is 15.2. The van der Waals surface area contributed by atoms with Crippen LogP contribution in [-0.4, -0.2) is 16.5 Å². The maximum absolute atomic E-state index is 13.2. The Bertz CT molecular complexity index is 592. The lowest BCUT2D eigenvalue weighted by molar-refractivity contribution is 0.509. The van der Waals surface area contributed by atoms with Gasteiger partial charge in [-0.15, -0.1) is 0 Å². The van der Waals surface area contributed by atoms with Gasteiger partial charge in [0.25, 0.3) is 0 Å². The van der Waals surface area contributed by atoms with Gasteiger partial charge in [-0.2, -0.15) is 0 Å². The zero-order valence-corrected chi connectivity index (χ0v) is 12.1. The maximum Gasteiger partial charge on any atom is 0.160 e. The predicted molar refractivity (Wildman–Crippen MR) is 79.8 cm³/mol. The van der Waals surface area contributed by atoms with E-state index in [0.717, 1.165) is 31.5 Å². The number of aromatic nitrogens is 2. The highest BCUT2D eigenvalue weighted by Gasteiger charge is 2.06. The third kappa shape index (κ3) is 4.11. The molecule has 0 fully saturated rings. The fourth-order valence-electron chi connectivity index (χ4n) is 1.89. The zero-order valence-electron chi connectivity index (χ0n) is 12.1. The summed E-state index contributed by atoms with van der Waals surface area (Å²) in [7, 11) is 0. The molecule has 1 aromatic carbocycles. The standard InChI is InChI=1S/C15H18F2N4/c1-3-5-13-20-14(18-4-2)9-15(21-13)19-10-6-7-11(16)12(17)8-10/h6-9H,3-5H2,1-2H3,(H2,18,19,20,21). The molecule has 1 heterocycles. The molecule has 0 atom stereocenters. The van der Waals surface area contributed by atoms with Gasteiger partial charge in [0, 0.05) is 30.8 Å². The third-order valence-corrected chi connectivity index (χ3v) is 2.80. The molecule has 0 spiro atoms. The molecule has 21 heavy (non-hydrogen) atoms. The maximum atomic E-state index is 13.2. The number of halogens is 2. The molecule has 2 N–H and O–H groups in total. The summed E-state index contributed by atoms with van der Waals surface area (Å²) in [6.45, 7) is 4.77. The van der Waals surface area contributed by atoms with E-state index in [4.69, 9.17) is 0 Å². The molecule has 0 aliphatic heterocycles. The molecular weight excluding hydrogens is 274 g/mol. The van der Waals surface area contributed by atoms with Gasteiger partial charge in [-0.25, -0.2) is 18.7 Å². The van der Waals surface area contributed by atoms with Crippen molar-refractivity contribution < 1.29 is 8.78 Å². The number of aryl methyl sites for hydroxylation is 1. The Morgan fingerprint density at radius 1 is 1.00 bits per heavy atom. The molecule has 0 radical (unpaired) electrons. The molecule has 1 aromatic heterocycles. The first-order chi connectivity index (χ1) is 10.1. The van der Waals surface area contributed by atoms with Gasteiger partial charge in [-0.05, 0) is 25.5 Å². The third-order valence-electron chi connectivity index (χ3n) is 2.80. The summed E-state index contributed by atoms with van der Waals surface area (Å²) >= 11 is 0. The molecule has 112 valence electrons. The number of anilines is 3. The summed E-state index contributed by atoms with van der Waals surface area (Å²) < 4.78 is 26.2. The number of nitrogens with one attached hydrogen (secondary N) is 2. The Balaban J connectivity index is 2.26. The average molecular weight is 292 g/mol. The van der Waals surface area contributed by atoms with E-state index in [1.165, 1.54) is 6.07 Å². The SMILES string of the molecule is CCCc1nc(NCC)cc(Nc2ccc(F)c(F)c2)n1. The van der Waals surface area contributed by atoms with Crippen molar-refractivity contribution in [3.05, 3.63) is 41.7 Å². The molecule has 0 aliphatic carbocycles. The van der Waals surface area contributed by atoms with Crippen molar-refractivity contribution in [1.29, 1.82) is 0 Å². The minimum atomic E-state index is -0.894. The molecular formula is C15H18F2N4. The van der Waals surface area contributed by atoms with E-state index < -0.39 is 11.6 Å². The van der Waals surface area contributed by atoms with Gasteiger partial charge < -0.3 is 10.6 Å². The van der Waals surface area contributed by atoms with Crippen LogP contribution < -0.4 is 10.6 Å². The first-order valence-electron chi connectivity index (χ1n) is 6.96. The molecule has 0 amide bonds. The van der Waals surface area contributed by atoms with Crippen LogP contribution in [0.5, 0.6) is 0 Å². The molecule has 0 bridgehead atoms. The molecule has 4 nitrogen and oxygen atoms in total. The normalized spacial score (nSPS) is 10.5. The lowest BCUT2D eigenvalue weighted by atomic mass is 10.3. The van der Waals surface area contributed by atoms with Crippen molar-refractivity contribution in [3.63, 3.8) is 0 Å². The minimum absolute atomic E-state index is 0.442. The number of hydrogen-bond donors (Lipinski definition) is 2. The van der Waals surface area contributed by atoms with Crippen LogP contribution in [0, 0.1) is 11.6 Å². The Morgan fingerprint density at radius 2 is 1.76 bits per heavy atom. The second-order valence-electron chi connectivity index (χ2n) is 4.59. The van der Waals surface area contributed by atoms with Crippen LogP contribution in [0.3, 0.4) is 0 Å². The van der Waals surface area contributed by atoms with Crippen molar-refractivity contribution in [2.75, 3.05) is 17.2 Å². The van der Waals surface area contributed by atoms with E-state index in [1.54, 1.807) is 6.07 Å². The van der Waals surface area contributed by atoms with Crippen molar-refractivity contribution in [2.24, 2.45) is 0 Å². The Kier molecular flexibility index (Phi) is 5.03. The summed E-state index contributed by atoms with van der Waals surface area (Å²) in [5.41, 5.74) is 0.442. The predicted octanol–water partition coefficient (Wildman–Crippen LogP) is 3.88. The van der Waals surface area contributed by atoms with Gasteiger partial charge in [0.05, 0.1) is 0 Å². The van der Waals surface area contributed by atoms with Gasteiger partial charge in [-0.3, -0.25) is 0 Å². The van der Waals surface area contributed by atoms with E-state index >= 15 is 0 Å². The second kappa shape index (κ2) is 6.97.